The molecule has 0 saturated heterocycles. The maximum absolute atomic E-state index is 13.4. The van der Waals surface area contributed by atoms with Crippen molar-refractivity contribution < 1.29 is 4.39 Å². The molecule has 0 spiro atoms. The molecule has 1 atom stereocenters. The molecule has 0 bridgehead atoms. The number of hydrogen-bond donors (Lipinski definition) is 1. The van der Waals surface area contributed by atoms with Crippen LogP contribution in [0.3, 0.4) is 0 Å². The second kappa shape index (κ2) is 6.30. The number of aromatic nitrogens is 2. The Labute approximate surface area is 121 Å². The summed E-state index contributed by atoms with van der Waals surface area (Å²) in [7, 11) is 0. The summed E-state index contributed by atoms with van der Waals surface area (Å²) in [6, 6.07) is 7.12. The van der Waals surface area contributed by atoms with Crippen molar-refractivity contribution in [3.63, 3.8) is 0 Å². The van der Waals surface area contributed by atoms with E-state index in [1.165, 1.54) is 6.07 Å². The smallest absolute Gasteiger partial charge is 0.137 e. The van der Waals surface area contributed by atoms with Gasteiger partial charge in [0.05, 0.1) is 16.2 Å². The van der Waals surface area contributed by atoms with Crippen LogP contribution in [0, 0.1) is 5.82 Å². The second-order valence-corrected chi connectivity index (χ2v) is 5.09. The summed E-state index contributed by atoms with van der Waals surface area (Å²) in [5.41, 5.74) is 2.10. The van der Waals surface area contributed by atoms with Crippen molar-refractivity contribution in [1.29, 1.82) is 0 Å². The summed E-state index contributed by atoms with van der Waals surface area (Å²) in [5, 5.41) is 7.71. The Hall–Kier alpha value is -1.20. The fourth-order valence-electron chi connectivity index (χ4n) is 2.14. The largest absolute Gasteiger partial charge is 0.305 e. The molecule has 0 aliphatic rings. The molecule has 0 radical (unpaired) electrons. The molecule has 19 heavy (non-hydrogen) atoms. The predicted molar refractivity (Wildman–Crippen MR) is 77.5 cm³/mol. The van der Waals surface area contributed by atoms with Crippen LogP contribution in [-0.2, 0) is 6.54 Å². The van der Waals surface area contributed by atoms with Gasteiger partial charge in [-0.3, -0.25) is 4.68 Å². The molecule has 3 nitrogen and oxygen atoms in total. The fourth-order valence-corrected chi connectivity index (χ4v) is 2.54. The van der Waals surface area contributed by atoms with Gasteiger partial charge in [-0.2, -0.15) is 5.10 Å². The Kier molecular flexibility index (Phi) is 4.71. The van der Waals surface area contributed by atoms with Gasteiger partial charge in [0.2, 0.25) is 0 Å². The van der Waals surface area contributed by atoms with Gasteiger partial charge in [-0.25, -0.2) is 4.39 Å². The zero-order chi connectivity index (χ0) is 13.8. The summed E-state index contributed by atoms with van der Waals surface area (Å²) in [4.78, 5) is 0. The van der Waals surface area contributed by atoms with Crippen LogP contribution < -0.4 is 5.32 Å². The van der Waals surface area contributed by atoms with Crippen molar-refractivity contribution in [3.05, 3.63) is 52.0 Å². The predicted octanol–water partition coefficient (Wildman–Crippen LogP) is 3.50. The van der Waals surface area contributed by atoms with Crippen LogP contribution in [0.1, 0.15) is 31.1 Å². The van der Waals surface area contributed by atoms with E-state index in [1.54, 1.807) is 12.3 Å². The average Bonchev–Trinajstić information content (AvgIpc) is 2.87. The van der Waals surface area contributed by atoms with Crippen LogP contribution in [0.15, 0.2) is 34.9 Å². The second-order valence-electron chi connectivity index (χ2n) is 4.24. The highest BCUT2D eigenvalue weighted by Gasteiger charge is 2.17. The molecule has 1 heterocycles. The van der Waals surface area contributed by atoms with Gasteiger partial charge in [0.25, 0.3) is 0 Å². The molecule has 102 valence electrons. The lowest BCUT2D eigenvalue weighted by Crippen LogP contribution is -2.24. The molecule has 0 aliphatic carbocycles. The maximum Gasteiger partial charge on any atom is 0.137 e. The zero-order valence-electron chi connectivity index (χ0n) is 11.0. The molecule has 2 rings (SSSR count). The molecule has 0 amide bonds. The topological polar surface area (TPSA) is 29.9 Å². The van der Waals surface area contributed by atoms with Gasteiger partial charge >= 0.3 is 0 Å². The minimum Gasteiger partial charge on any atom is -0.305 e. The van der Waals surface area contributed by atoms with Gasteiger partial charge < -0.3 is 5.32 Å². The molecular formula is C14H17BrFN3. The van der Waals surface area contributed by atoms with E-state index in [2.05, 4.69) is 40.2 Å². The highest BCUT2D eigenvalue weighted by Crippen LogP contribution is 2.26. The monoisotopic (exact) mass is 325 g/mol. The highest BCUT2D eigenvalue weighted by atomic mass is 79.9. The first-order valence-corrected chi connectivity index (χ1v) is 7.16. The van der Waals surface area contributed by atoms with E-state index >= 15 is 0 Å². The van der Waals surface area contributed by atoms with E-state index in [0.29, 0.717) is 4.47 Å². The zero-order valence-corrected chi connectivity index (χ0v) is 12.6. The van der Waals surface area contributed by atoms with Gasteiger partial charge in [-0.1, -0.05) is 13.0 Å². The highest BCUT2D eigenvalue weighted by molar-refractivity contribution is 9.10. The third kappa shape index (κ3) is 3.04. The van der Waals surface area contributed by atoms with Crippen molar-refractivity contribution in [3.8, 4) is 0 Å². The summed E-state index contributed by atoms with van der Waals surface area (Å²) in [6.45, 7) is 5.75. The Morgan fingerprint density at radius 1 is 1.37 bits per heavy atom. The molecule has 1 aromatic heterocycles. The van der Waals surface area contributed by atoms with Crippen LogP contribution in [0.4, 0.5) is 4.39 Å². The van der Waals surface area contributed by atoms with Crippen molar-refractivity contribution in [2.24, 2.45) is 0 Å². The Morgan fingerprint density at radius 3 is 2.79 bits per heavy atom. The Balaban J connectivity index is 2.42. The number of nitrogens with zero attached hydrogens (tertiary/aromatic N) is 2. The van der Waals surface area contributed by atoms with Crippen molar-refractivity contribution in [2.45, 2.75) is 26.4 Å². The van der Waals surface area contributed by atoms with Crippen LogP contribution >= 0.6 is 15.9 Å². The Morgan fingerprint density at radius 2 is 2.16 bits per heavy atom. The number of aryl methyl sites for hydroxylation is 1. The van der Waals surface area contributed by atoms with Gasteiger partial charge in [0.15, 0.2) is 0 Å². The third-order valence-corrected chi connectivity index (χ3v) is 3.64. The number of hydrogen-bond acceptors (Lipinski definition) is 2. The van der Waals surface area contributed by atoms with E-state index in [0.717, 1.165) is 24.3 Å². The van der Waals surface area contributed by atoms with Crippen LogP contribution in [-0.4, -0.2) is 16.3 Å². The Bertz CT molecular complexity index is 553. The van der Waals surface area contributed by atoms with Gasteiger partial charge in [0.1, 0.15) is 5.82 Å². The van der Waals surface area contributed by atoms with E-state index in [-0.39, 0.29) is 11.9 Å². The average molecular weight is 326 g/mol. The third-order valence-electron chi connectivity index (χ3n) is 3.03. The first-order chi connectivity index (χ1) is 9.17. The first kappa shape index (κ1) is 14.2. The first-order valence-electron chi connectivity index (χ1n) is 6.37. The standard InChI is InChI=1S/C14H17BrFN3/c1-3-17-14(13-7-8-18-19(13)4-2)10-5-6-12(16)11(15)9-10/h5-9,14,17H,3-4H2,1-2H3. The number of rotatable bonds is 5. The lowest BCUT2D eigenvalue weighted by atomic mass is 10.0. The lowest BCUT2D eigenvalue weighted by Gasteiger charge is -2.20. The quantitative estimate of drug-likeness (QED) is 0.911. The van der Waals surface area contributed by atoms with Gasteiger partial charge in [-0.05, 0) is 53.2 Å². The number of benzene rings is 1. The van der Waals surface area contributed by atoms with Gasteiger partial charge in [-0.15, -0.1) is 0 Å². The molecule has 1 unspecified atom stereocenters. The molecule has 5 heteroatoms. The van der Waals surface area contributed by atoms with Crippen LogP contribution in [0.25, 0.3) is 0 Å². The SMILES string of the molecule is CCNC(c1ccc(F)c(Br)c1)c1ccnn1CC. The minimum atomic E-state index is -0.247. The minimum absolute atomic E-state index is 0.0179. The van der Waals surface area contributed by atoms with E-state index in [9.17, 15) is 4.39 Å². The molecule has 0 saturated carbocycles. The maximum atomic E-state index is 13.4. The molecule has 1 aromatic carbocycles. The lowest BCUT2D eigenvalue weighted by molar-refractivity contribution is 0.540. The summed E-state index contributed by atoms with van der Waals surface area (Å²) in [6.07, 6.45) is 1.79. The van der Waals surface area contributed by atoms with Crippen molar-refractivity contribution in [1.82, 2.24) is 15.1 Å². The summed E-state index contributed by atoms with van der Waals surface area (Å²) in [5.74, 6) is -0.247. The van der Waals surface area contributed by atoms with Crippen LogP contribution in [0.5, 0.6) is 0 Å². The van der Waals surface area contributed by atoms with E-state index < -0.39 is 0 Å². The summed E-state index contributed by atoms with van der Waals surface area (Å²) < 4.78 is 15.8. The van der Waals surface area contributed by atoms with E-state index in [4.69, 9.17) is 0 Å². The normalized spacial score (nSPS) is 12.6. The molecule has 0 aliphatic heterocycles. The number of halogens is 2. The molecular weight excluding hydrogens is 309 g/mol. The van der Waals surface area contributed by atoms with Crippen LogP contribution in [0.2, 0.25) is 0 Å². The van der Waals surface area contributed by atoms with Crippen molar-refractivity contribution >= 4 is 15.9 Å². The van der Waals surface area contributed by atoms with E-state index in [1.807, 2.05) is 16.8 Å². The fraction of sp³-hybridized carbons (Fsp3) is 0.357. The molecule has 0 fully saturated rings. The summed E-state index contributed by atoms with van der Waals surface area (Å²) >= 11 is 3.24. The molecule has 2 aromatic rings. The number of nitrogens with one attached hydrogen (secondary N) is 1. The molecule has 1 N–H and O–H groups in total. The van der Waals surface area contributed by atoms with Crippen molar-refractivity contribution in [2.75, 3.05) is 6.54 Å². The van der Waals surface area contributed by atoms with Gasteiger partial charge in [0, 0.05) is 12.7 Å².